The Morgan fingerprint density at radius 2 is 2.00 bits per heavy atom. The Kier molecular flexibility index (Phi) is 6.17. The Labute approximate surface area is 120 Å². The summed E-state index contributed by atoms with van der Waals surface area (Å²) in [5.74, 6) is -0.842. The summed E-state index contributed by atoms with van der Waals surface area (Å²) in [6, 6.07) is 5.24. The van der Waals surface area contributed by atoms with Crippen molar-refractivity contribution < 1.29 is 15.0 Å². The van der Waals surface area contributed by atoms with Gasteiger partial charge in [0.1, 0.15) is 6.04 Å². The van der Waals surface area contributed by atoms with Crippen molar-refractivity contribution in [3.8, 4) is 0 Å². The SMILES string of the molecule is CCC(C)C(NCC(O)c1ccc(C)cc1C)C(=O)O. The molecule has 1 aromatic rings. The summed E-state index contributed by atoms with van der Waals surface area (Å²) in [5, 5.41) is 22.4. The number of carbonyl (C=O) groups is 1. The van der Waals surface area contributed by atoms with Gasteiger partial charge in [-0.3, -0.25) is 4.79 Å². The van der Waals surface area contributed by atoms with E-state index in [-0.39, 0.29) is 12.5 Å². The summed E-state index contributed by atoms with van der Waals surface area (Å²) >= 11 is 0. The maximum absolute atomic E-state index is 11.2. The Hall–Kier alpha value is -1.39. The van der Waals surface area contributed by atoms with Crippen molar-refractivity contribution in [2.45, 2.75) is 46.3 Å². The number of hydrogen-bond acceptors (Lipinski definition) is 3. The number of carboxylic acids is 1. The van der Waals surface area contributed by atoms with Crippen molar-refractivity contribution in [2.75, 3.05) is 6.54 Å². The highest BCUT2D eigenvalue weighted by Gasteiger charge is 2.24. The van der Waals surface area contributed by atoms with Crippen molar-refractivity contribution in [1.29, 1.82) is 0 Å². The van der Waals surface area contributed by atoms with E-state index in [1.807, 2.05) is 45.9 Å². The van der Waals surface area contributed by atoms with Gasteiger partial charge in [-0.15, -0.1) is 0 Å². The first-order valence-electron chi connectivity index (χ1n) is 7.08. The maximum Gasteiger partial charge on any atom is 0.320 e. The number of carboxylic acid groups (broad SMARTS) is 1. The number of aliphatic carboxylic acids is 1. The zero-order valence-corrected chi connectivity index (χ0v) is 12.7. The fourth-order valence-corrected chi connectivity index (χ4v) is 2.32. The van der Waals surface area contributed by atoms with Gasteiger partial charge in [0.2, 0.25) is 0 Å². The van der Waals surface area contributed by atoms with Crippen LogP contribution in [0.15, 0.2) is 18.2 Å². The molecule has 0 fully saturated rings. The molecule has 0 aliphatic rings. The Balaban J connectivity index is 2.70. The van der Waals surface area contributed by atoms with Crippen LogP contribution in [0, 0.1) is 19.8 Å². The van der Waals surface area contributed by atoms with E-state index in [9.17, 15) is 15.0 Å². The number of aryl methyl sites for hydroxylation is 2. The van der Waals surface area contributed by atoms with Crippen LogP contribution < -0.4 is 5.32 Å². The van der Waals surface area contributed by atoms with E-state index in [1.54, 1.807) is 0 Å². The largest absolute Gasteiger partial charge is 0.480 e. The van der Waals surface area contributed by atoms with Gasteiger partial charge in [-0.1, -0.05) is 44.0 Å². The molecule has 3 atom stereocenters. The van der Waals surface area contributed by atoms with Gasteiger partial charge in [0, 0.05) is 6.54 Å². The van der Waals surface area contributed by atoms with Crippen LogP contribution in [-0.4, -0.2) is 28.8 Å². The average Bonchev–Trinajstić information content (AvgIpc) is 2.37. The number of aliphatic hydroxyl groups excluding tert-OH is 1. The zero-order chi connectivity index (χ0) is 15.3. The number of rotatable bonds is 7. The standard InChI is InChI=1S/C16H25NO3/c1-5-11(3)15(16(19)20)17-9-14(18)13-7-6-10(2)8-12(13)4/h6-8,11,14-15,17-18H,5,9H2,1-4H3,(H,19,20). The zero-order valence-electron chi connectivity index (χ0n) is 12.7. The number of benzene rings is 1. The van der Waals surface area contributed by atoms with Crippen LogP contribution >= 0.6 is 0 Å². The molecule has 0 saturated carbocycles. The third-order valence-electron chi connectivity index (χ3n) is 3.79. The van der Waals surface area contributed by atoms with Crippen LogP contribution in [0.5, 0.6) is 0 Å². The topological polar surface area (TPSA) is 69.6 Å². The van der Waals surface area contributed by atoms with Crippen LogP contribution in [-0.2, 0) is 4.79 Å². The van der Waals surface area contributed by atoms with Crippen molar-refractivity contribution in [2.24, 2.45) is 5.92 Å². The molecule has 0 aliphatic carbocycles. The van der Waals surface area contributed by atoms with Crippen molar-refractivity contribution in [3.63, 3.8) is 0 Å². The summed E-state index contributed by atoms with van der Waals surface area (Å²) in [6.07, 6.45) is 0.0883. The number of aliphatic hydroxyl groups is 1. The lowest BCUT2D eigenvalue weighted by molar-refractivity contribution is -0.141. The molecule has 4 heteroatoms. The van der Waals surface area contributed by atoms with E-state index in [4.69, 9.17) is 0 Å². The normalized spacial score (nSPS) is 15.7. The molecule has 0 spiro atoms. The number of nitrogens with one attached hydrogen (secondary N) is 1. The Morgan fingerprint density at radius 3 is 2.50 bits per heavy atom. The van der Waals surface area contributed by atoms with Gasteiger partial charge in [0.05, 0.1) is 6.10 Å². The molecule has 0 amide bonds. The molecule has 1 aromatic carbocycles. The van der Waals surface area contributed by atoms with Gasteiger partial charge in [-0.05, 0) is 30.9 Å². The molecule has 3 N–H and O–H groups in total. The highest BCUT2D eigenvalue weighted by atomic mass is 16.4. The minimum absolute atomic E-state index is 0.0267. The van der Waals surface area contributed by atoms with E-state index >= 15 is 0 Å². The molecular formula is C16H25NO3. The fourth-order valence-electron chi connectivity index (χ4n) is 2.32. The molecule has 1 rings (SSSR count). The Morgan fingerprint density at radius 1 is 1.35 bits per heavy atom. The highest BCUT2D eigenvalue weighted by Crippen LogP contribution is 2.19. The molecule has 4 nitrogen and oxygen atoms in total. The molecule has 112 valence electrons. The first kappa shape index (κ1) is 16.7. The molecule has 0 heterocycles. The molecule has 0 aromatic heterocycles. The minimum Gasteiger partial charge on any atom is -0.480 e. The summed E-state index contributed by atoms with van der Waals surface area (Å²) < 4.78 is 0. The van der Waals surface area contributed by atoms with Gasteiger partial charge in [-0.2, -0.15) is 0 Å². The lowest BCUT2D eigenvalue weighted by Gasteiger charge is -2.22. The van der Waals surface area contributed by atoms with E-state index < -0.39 is 18.1 Å². The molecule has 0 radical (unpaired) electrons. The molecule has 0 bridgehead atoms. The third kappa shape index (κ3) is 4.32. The van der Waals surface area contributed by atoms with Gasteiger partial charge >= 0.3 is 5.97 Å². The van der Waals surface area contributed by atoms with E-state index in [1.165, 1.54) is 0 Å². The van der Waals surface area contributed by atoms with Crippen molar-refractivity contribution in [3.05, 3.63) is 34.9 Å². The number of hydrogen-bond donors (Lipinski definition) is 3. The monoisotopic (exact) mass is 279 g/mol. The van der Waals surface area contributed by atoms with E-state index in [0.29, 0.717) is 0 Å². The summed E-state index contributed by atoms with van der Waals surface area (Å²) in [6.45, 7) is 8.06. The van der Waals surface area contributed by atoms with Crippen LogP contribution in [0.25, 0.3) is 0 Å². The van der Waals surface area contributed by atoms with Crippen LogP contribution in [0.2, 0.25) is 0 Å². The first-order chi connectivity index (χ1) is 9.36. The molecule has 0 aliphatic heterocycles. The van der Waals surface area contributed by atoms with E-state index in [0.717, 1.165) is 23.1 Å². The molecule has 20 heavy (non-hydrogen) atoms. The predicted octanol–water partition coefficient (Wildman–Crippen LogP) is 2.43. The van der Waals surface area contributed by atoms with Gasteiger partial charge in [-0.25, -0.2) is 0 Å². The van der Waals surface area contributed by atoms with Gasteiger partial charge in [0.25, 0.3) is 0 Å². The van der Waals surface area contributed by atoms with Gasteiger partial charge < -0.3 is 15.5 Å². The summed E-state index contributed by atoms with van der Waals surface area (Å²) in [4.78, 5) is 11.2. The second-order valence-electron chi connectivity index (χ2n) is 5.49. The highest BCUT2D eigenvalue weighted by molar-refractivity contribution is 5.73. The lowest BCUT2D eigenvalue weighted by atomic mass is 9.97. The van der Waals surface area contributed by atoms with E-state index in [2.05, 4.69) is 5.32 Å². The minimum atomic E-state index is -0.868. The predicted molar refractivity (Wildman–Crippen MR) is 79.8 cm³/mol. The first-order valence-corrected chi connectivity index (χ1v) is 7.08. The van der Waals surface area contributed by atoms with Crippen molar-refractivity contribution in [1.82, 2.24) is 5.32 Å². The third-order valence-corrected chi connectivity index (χ3v) is 3.79. The van der Waals surface area contributed by atoms with Crippen LogP contribution in [0.1, 0.15) is 43.1 Å². The van der Waals surface area contributed by atoms with Crippen LogP contribution in [0.3, 0.4) is 0 Å². The second-order valence-corrected chi connectivity index (χ2v) is 5.49. The molecule has 0 saturated heterocycles. The molecule has 3 unspecified atom stereocenters. The fraction of sp³-hybridized carbons (Fsp3) is 0.562. The quantitative estimate of drug-likeness (QED) is 0.717. The molecular weight excluding hydrogens is 254 g/mol. The Bertz CT molecular complexity index is 459. The average molecular weight is 279 g/mol. The second kappa shape index (κ2) is 7.41. The summed E-state index contributed by atoms with van der Waals surface area (Å²) in [7, 11) is 0. The van der Waals surface area contributed by atoms with Crippen LogP contribution in [0.4, 0.5) is 0 Å². The maximum atomic E-state index is 11.2. The van der Waals surface area contributed by atoms with Gasteiger partial charge in [0.15, 0.2) is 0 Å². The lowest BCUT2D eigenvalue weighted by Crippen LogP contribution is -2.43. The smallest absolute Gasteiger partial charge is 0.320 e. The summed E-state index contributed by atoms with van der Waals surface area (Å²) in [5.41, 5.74) is 3.01. The van der Waals surface area contributed by atoms with Crippen molar-refractivity contribution >= 4 is 5.97 Å².